The molecule has 0 aromatic carbocycles. The van der Waals surface area contributed by atoms with E-state index in [0.29, 0.717) is 11.8 Å². The van der Waals surface area contributed by atoms with Crippen molar-refractivity contribution < 1.29 is 0 Å². The van der Waals surface area contributed by atoms with Gasteiger partial charge in [-0.3, -0.25) is 9.88 Å². The van der Waals surface area contributed by atoms with Crippen molar-refractivity contribution in [2.45, 2.75) is 19.0 Å². The fourth-order valence-corrected chi connectivity index (χ4v) is 4.80. The van der Waals surface area contributed by atoms with Gasteiger partial charge in [0, 0.05) is 60.8 Å². The fourth-order valence-electron chi connectivity index (χ4n) is 4.06. The molecule has 3 aromatic heterocycles. The van der Waals surface area contributed by atoms with Gasteiger partial charge in [-0.2, -0.15) is 0 Å². The third-order valence-corrected chi connectivity index (χ3v) is 5.95. The lowest BCUT2D eigenvalue weighted by atomic mass is 9.99. The summed E-state index contributed by atoms with van der Waals surface area (Å²) in [5.41, 5.74) is 2.45. The Morgan fingerprint density at radius 2 is 2.04 bits per heavy atom. The van der Waals surface area contributed by atoms with E-state index in [1.807, 2.05) is 29.9 Å². The zero-order valence-electron chi connectivity index (χ0n) is 12.8. The van der Waals surface area contributed by atoms with Gasteiger partial charge < -0.3 is 4.57 Å². The van der Waals surface area contributed by atoms with Gasteiger partial charge in [0.05, 0.1) is 11.9 Å². The molecule has 0 spiro atoms. The van der Waals surface area contributed by atoms with E-state index in [1.165, 1.54) is 28.5 Å². The molecule has 5 heterocycles. The molecule has 0 bridgehead atoms. The number of likely N-dealkylation sites (tertiary alicyclic amines) is 1. The number of hydrogen-bond donors (Lipinski definition) is 0. The molecule has 0 amide bonds. The maximum Gasteiger partial charge on any atom is 0.113 e. The molecule has 116 valence electrons. The predicted molar refractivity (Wildman–Crippen MR) is 91.3 cm³/mol. The Morgan fingerprint density at radius 3 is 2.87 bits per heavy atom. The second kappa shape index (κ2) is 5.28. The van der Waals surface area contributed by atoms with E-state index < -0.39 is 0 Å². The van der Waals surface area contributed by atoms with Gasteiger partial charge in [-0.25, -0.2) is 4.98 Å². The maximum absolute atomic E-state index is 4.77. The lowest BCUT2D eigenvalue weighted by Gasteiger charge is -2.16. The third-order valence-electron chi connectivity index (χ3n) is 5.09. The van der Waals surface area contributed by atoms with Crippen molar-refractivity contribution in [2.75, 3.05) is 13.1 Å². The number of nitrogens with zero attached hydrogens (tertiary/aromatic N) is 4. The first-order valence-corrected chi connectivity index (χ1v) is 8.97. The van der Waals surface area contributed by atoms with Crippen molar-refractivity contribution in [3.8, 4) is 11.3 Å². The number of hydrogen-bond acceptors (Lipinski definition) is 4. The van der Waals surface area contributed by atoms with Gasteiger partial charge in [0.15, 0.2) is 0 Å². The summed E-state index contributed by atoms with van der Waals surface area (Å²) >= 11 is 1.86. The Labute approximate surface area is 139 Å². The molecule has 1 fully saturated rings. The summed E-state index contributed by atoms with van der Waals surface area (Å²) in [5.74, 6) is 2.57. The second-order valence-electron chi connectivity index (χ2n) is 6.49. The van der Waals surface area contributed by atoms with Gasteiger partial charge in [0.2, 0.25) is 0 Å². The van der Waals surface area contributed by atoms with Gasteiger partial charge in [-0.1, -0.05) is 6.07 Å². The van der Waals surface area contributed by atoms with E-state index >= 15 is 0 Å². The quantitative estimate of drug-likeness (QED) is 0.742. The van der Waals surface area contributed by atoms with Crippen LogP contribution in [0.1, 0.15) is 16.6 Å². The molecule has 5 rings (SSSR count). The number of aromatic nitrogens is 3. The van der Waals surface area contributed by atoms with Crippen LogP contribution in [0.3, 0.4) is 0 Å². The van der Waals surface area contributed by atoms with Crippen LogP contribution in [-0.2, 0) is 13.1 Å². The Balaban J connectivity index is 1.39. The minimum absolute atomic E-state index is 0.588. The summed E-state index contributed by atoms with van der Waals surface area (Å²) in [7, 11) is 0. The topological polar surface area (TPSA) is 34.0 Å². The van der Waals surface area contributed by atoms with Crippen molar-refractivity contribution in [3.05, 3.63) is 58.9 Å². The first-order valence-electron chi connectivity index (χ1n) is 8.09. The van der Waals surface area contributed by atoms with Crippen LogP contribution >= 0.6 is 11.3 Å². The summed E-state index contributed by atoms with van der Waals surface area (Å²) in [6, 6.07) is 8.52. The van der Waals surface area contributed by atoms with Gasteiger partial charge in [-0.15, -0.1) is 11.3 Å². The molecule has 23 heavy (non-hydrogen) atoms. The van der Waals surface area contributed by atoms with Gasteiger partial charge >= 0.3 is 0 Å². The van der Waals surface area contributed by atoms with Gasteiger partial charge in [0.25, 0.3) is 0 Å². The number of thiophene rings is 1. The first kappa shape index (κ1) is 13.5. The van der Waals surface area contributed by atoms with E-state index in [0.717, 1.165) is 19.6 Å². The zero-order valence-corrected chi connectivity index (χ0v) is 13.6. The van der Waals surface area contributed by atoms with Gasteiger partial charge in [-0.05, 0) is 23.6 Å². The molecule has 5 heteroatoms. The van der Waals surface area contributed by atoms with E-state index in [-0.39, 0.29) is 0 Å². The molecule has 2 atom stereocenters. The van der Waals surface area contributed by atoms with Crippen LogP contribution < -0.4 is 0 Å². The van der Waals surface area contributed by atoms with E-state index in [4.69, 9.17) is 4.98 Å². The zero-order chi connectivity index (χ0) is 15.2. The molecule has 2 aliphatic heterocycles. The van der Waals surface area contributed by atoms with Crippen molar-refractivity contribution in [1.29, 1.82) is 0 Å². The van der Waals surface area contributed by atoms with Crippen molar-refractivity contribution in [2.24, 2.45) is 5.92 Å². The fraction of sp³-hybridized carbons (Fsp3) is 0.333. The summed E-state index contributed by atoms with van der Waals surface area (Å²) in [6.45, 7) is 4.50. The van der Waals surface area contributed by atoms with Crippen LogP contribution in [0.4, 0.5) is 0 Å². The van der Waals surface area contributed by atoms with Crippen molar-refractivity contribution >= 4 is 11.3 Å². The molecule has 0 aliphatic carbocycles. The molecule has 3 aromatic rings. The lowest BCUT2D eigenvalue weighted by molar-refractivity contribution is 0.309. The average Bonchev–Trinajstić information content (AvgIpc) is 3.31. The molecular weight excluding hydrogens is 304 g/mol. The lowest BCUT2D eigenvalue weighted by Crippen LogP contribution is -2.21. The molecule has 1 saturated heterocycles. The molecule has 4 nitrogen and oxygen atoms in total. The molecule has 0 radical (unpaired) electrons. The molecule has 2 unspecified atom stereocenters. The Kier molecular flexibility index (Phi) is 3.09. The van der Waals surface area contributed by atoms with Crippen LogP contribution in [0.15, 0.2) is 48.2 Å². The van der Waals surface area contributed by atoms with Crippen LogP contribution in [-0.4, -0.2) is 32.5 Å². The van der Waals surface area contributed by atoms with E-state index in [9.17, 15) is 0 Å². The largest absolute Gasteiger partial charge is 0.327 e. The highest BCUT2D eigenvalue weighted by Gasteiger charge is 2.42. The summed E-state index contributed by atoms with van der Waals surface area (Å²) < 4.78 is 2.42. The number of fused-ring (bicyclic) bond motifs is 3. The van der Waals surface area contributed by atoms with E-state index in [1.54, 1.807) is 0 Å². The Morgan fingerprint density at radius 1 is 1.13 bits per heavy atom. The highest BCUT2D eigenvalue weighted by atomic mass is 32.1. The minimum Gasteiger partial charge on any atom is -0.327 e. The third kappa shape index (κ3) is 2.23. The van der Waals surface area contributed by atoms with E-state index in [2.05, 4.69) is 44.1 Å². The van der Waals surface area contributed by atoms with Crippen LogP contribution in [0, 0.1) is 5.92 Å². The minimum atomic E-state index is 0.588. The Bertz CT molecular complexity index is 809. The normalized spacial score (nSPS) is 23.1. The smallest absolute Gasteiger partial charge is 0.113 e. The SMILES string of the molecule is c1csc(CN2CC3Cn4c(-c5ccncc5)cnc4C3C2)c1. The molecule has 0 saturated carbocycles. The van der Waals surface area contributed by atoms with Gasteiger partial charge in [0.1, 0.15) is 5.82 Å². The second-order valence-corrected chi connectivity index (χ2v) is 7.52. The van der Waals surface area contributed by atoms with Crippen molar-refractivity contribution in [1.82, 2.24) is 19.4 Å². The standard InChI is InChI=1S/C18H18N4S/c1-2-15(23-7-1)11-21-9-14-10-22-17(13-3-5-19-6-4-13)8-20-18(22)16(14)12-21/h1-8,14,16H,9-12H2. The number of pyridine rings is 1. The highest BCUT2D eigenvalue weighted by Crippen LogP contribution is 2.41. The van der Waals surface area contributed by atoms with Crippen LogP contribution in [0.25, 0.3) is 11.3 Å². The summed E-state index contributed by atoms with van der Waals surface area (Å²) in [6.07, 6.45) is 5.74. The summed E-state index contributed by atoms with van der Waals surface area (Å²) in [5, 5.41) is 2.17. The van der Waals surface area contributed by atoms with Crippen LogP contribution in [0.2, 0.25) is 0 Å². The molecular formula is C18H18N4S. The average molecular weight is 322 g/mol. The molecule has 0 N–H and O–H groups in total. The monoisotopic (exact) mass is 322 g/mol. The first-order chi connectivity index (χ1) is 11.4. The van der Waals surface area contributed by atoms with Crippen molar-refractivity contribution in [3.63, 3.8) is 0 Å². The summed E-state index contributed by atoms with van der Waals surface area (Å²) in [4.78, 5) is 12.9. The number of imidazole rings is 1. The Hall–Kier alpha value is -1.98. The highest BCUT2D eigenvalue weighted by molar-refractivity contribution is 7.09. The number of rotatable bonds is 3. The predicted octanol–water partition coefficient (Wildman–Crippen LogP) is 3.24. The maximum atomic E-state index is 4.77. The van der Waals surface area contributed by atoms with Crippen LogP contribution in [0.5, 0.6) is 0 Å². The molecule has 2 aliphatic rings.